The third-order valence-corrected chi connectivity index (χ3v) is 2.06. The Morgan fingerprint density at radius 2 is 1.57 bits per heavy atom. The predicted molar refractivity (Wildman–Crippen MR) is 39.4 cm³/mol. The van der Waals surface area contributed by atoms with Crippen LogP contribution in [0.1, 0.15) is 0 Å². The molecule has 1 heterocycles. The van der Waals surface area contributed by atoms with Gasteiger partial charge in [-0.25, -0.2) is 0 Å². The molecule has 14 heavy (non-hydrogen) atoms. The summed E-state index contributed by atoms with van der Waals surface area (Å²) < 4.78 is 50.4. The maximum absolute atomic E-state index is 12.6. The topological polar surface area (TPSA) is 43.7 Å². The summed E-state index contributed by atoms with van der Waals surface area (Å²) in [6.45, 7) is -3.18. The highest BCUT2D eigenvalue weighted by molar-refractivity contribution is 4.97. The van der Waals surface area contributed by atoms with E-state index in [-0.39, 0.29) is 6.54 Å². The molecular weight excluding hydrogens is 206 g/mol. The molecule has 0 bridgehead atoms. The SMILES string of the molecule is OCC(O)CN1CC(F)(F)C(F)(F)C1. The highest BCUT2D eigenvalue weighted by Gasteiger charge is 2.62. The van der Waals surface area contributed by atoms with Gasteiger partial charge in [0, 0.05) is 6.54 Å². The van der Waals surface area contributed by atoms with Gasteiger partial charge in [0.05, 0.1) is 25.8 Å². The smallest absolute Gasteiger partial charge is 0.323 e. The molecule has 2 N–H and O–H groups in total. The number of hydrogen-bond acceptors (Lipinski definition) is 3. The average molecular weight is 217 g/mol. The predicted octanol–water partition coefficient (Wildman–Crippen LogP) is -0.0742. The molecule has 7 heteroatoms. The minimum Gasteiger partial charge on any atom is -0.394 e. The van der Waals surface area contributed by atoms with Crippen LogP contribution in [0.3, 0.4) is 0 Å². The first-order valence-corrected chi connectivity index (χ1v) is 4.05. The van der Waals surface area contributed by atoms with Crippen LogP contribution in [-0.2, 0) is 0 Å². The van der Waals surface area contributed by atoms with Crippen molar-refractivity contribution in [3.8, 4) is 0 Å². The van der Waals surface area contributed by atoms with Crippen molar-refractivity contribution in [2.24, 2.45) is 0 Å². The summed E-state index contributed by atoms with van der Waals surface area (Å²) in [5.41, 5.74) is 0. The molecule has 3 nitrogen and oxygen atoms in total. The van der Waals surface area contributed by atoms with Crippen LogP contribution in [0, 0.1) is 0 Å². The molecule has 1 aliphatic rings. The summed E-state index contributed by atoms with van der Waals surface area (Å²) >= 11 is 0. The van der Waals surface area contributed by atoms with Crippen LogP contribution in [0.4, 0.5) is 17.6 Å². The Bertz CT molecular complexity index is 196. The van der Waals surface area contributed by atoms with Crippen LogP contribution in [0.5, 0.6) is 0 Å². The highest BCUT2D eigenvalue weighted by atomic mass is 19.3. The van der Waals surface area contributed by atoms with Crippen LogP contribution in [-0.4, -0.2) is 59.3 Å². The zero-order valence-corrected chi connectivity index (χ0v) is 7.26. The fourth-order valence-electron chi connectivity index (χ4n) is 1.33. The number of aliphatic hydroxyl groups is 2. The van der Waals surface area contributed by atoms with Gasteiger partial charge in [-0.3, -0.25) is 4.90 Å². The first-order chi connectivity index (χ1) is 6.28. The normalized spacial score (nSPS) is 27.9. The Morgan fingerprint density at radius 1 is 1.14 bits per heavy atom. The van der Waals surface area contributed by atoms with Gasteiger partial charge in [0.25, 0.3) is 0 Å². The Balaban J connectivity index is 2.55. The second-order valence-electron chi connectivity index (χ2n) is 3.41. The fourth-order valence-corrected chi connectivity index (χ4v) is 1.33. The van der Waals surface area contributed by atoms with Crippen molar-refractivity contribution >= 4 is 0 Å². The van der Waals surface area contributed by atoms with Gasteiger partial charge < -0.3 is 10.2 Å². The van der Waals surface area contributed by atoms with E-state index in [1.165, 1.54) is 0 Å². The van der Waals surface area contributed by atoms with Gasteiger partial charge in [-0.05, 0) is 0 Å². The molecule has 0 amide bonds. The van der Waals surface area contributed by atoms with E-state index in [9.17, 15) is 17.6 Å². The lowest BCUT2D eigenvalue weighted by Crippen LogP contribution is -2.38. The fraction of sp³-hybridized carbons (Fsp3) is 1.00. The molecule has 0 radical (unpaired) electrons. The van der Waals surface area contributed by atoms with Gasteiger partial charge >= 0.3 is 11.8 Å². The van der Waals surface area contributed by atoms with Gasteiger partial charge in [0.2, 0.25) is 0 Å². The Labute approximate surface area is 77.9 Å². The number of rotatable bonds is 3. The van der Waals surface area contributed by atoms with Crippen molar-refractivity contribution in [2.75, 3.05) is 26.2 Å². The maximum atomic E-state index is 12.6. The van der Waals surface area contributed by atoms with Gasteiger partial charge in [0.1, 0.15) is 0 Å². The van der Waals surface area contributed by atoms with Crippen molar-refractivity contribution in [2.45, 2.75) is 17.9 Å². The number of aliphatic hydroxyl groups excluding tert-OH is 2. The molecule has 0 aromatic carbocycles. The Hall–Kier alpha value is -0.400. The average Bonchev–Trinajstić information content (AvgIpc) is 2.20. The monoisotopic (exact) mass is 217 g/mol. The van der Waals surface area contributed by atoms with Crippen LogP contribution in [0.25, 0.3) is 0 Å². The van der Waals surface area contributed by atoms with Crippen molar-refractivity contribution in [3.63, 3.8) is 0 Å². The number of alkyl halides is 4. The summed E-state index contributed by atoms with van der Waals surface area (Å²) in [4.78, 5) is 0.737. The number of halogens is 4. The van der Waals surface area contributed by atoms with Crippen molar-refractivity contribution < 1.29 is 27.8 Å². The quantitative estimate of drug-likeness (QED) is 0.650. The molecule has 0 aliphatic carbocycles. The van der Waals surface area contributed by atoms with Gasteiger partial charge in [-0.1, -0.05) is 0 Å². The first kappa shape index (κ1) is 11.7. The minimum absolute atomic E-state index is 0.373. The van der Waals surface area contributed by atoms with Gasteiger partial charge in [-0.2, -0.15) is 17.6 Å². The van der Waals surface area contributed by atoms with Crippen LogP contribution in [0.2, 0.25) is 0 Å². The molecule has 1 unspecified atom stereocenters. The largest absolute Gasteiger partial charge is 0.394 e. The van der Waals surface area contributed by atoms with Gasteiger partial charge in [-0.15, -0.1) is 0 Å². The summed E-state index contributed by atoms with van der Waals surface area (Å²) in [6.07, 6.45) is -1.26. The second kappa shape index (κ2) is 3.63. The summed E-state index contributed by atoms with van der Waals surface area (Å²) in [5, 5.41) is 17.3. The minimum atomic E-state index is -4.05. The molecule has 1 aliphatic heterocycles. The van der Waals surface area contributed by atoms with Crippen LogP contribution in [0.15, 0.2) is 0 Å². The zero-order chi connectivity index (χ0) is 11.0. The van der Waals surface area contributed by atoms with Gasteiger partial charge in [0.15, 0.2) is 0 Å². The van der Waals surface area contributed by atoms with E-state index in [1.807, 2.05) is 0 Å². The van der Waals surface area contributed by atoms with Crippen molar-refractivity contribution in [3.05, 3.63) is 0 Å². The second-order valence-corrected chi connectivity index (χ2v) is 3.41. The Kier molecular flexibility index (Phi) is 3.03. The molecular formula is C7H11F4NO2. The van der Waals surface area contributed by atoms with E-state index >= 15 is 0 Å². The third-order valence-electron chi connectivity index (χ3n) is 2.06. The lowest BCUT2D eigenvalue weighted by atomic mass is 10.2. The lowest BCUT2D eigenvalue weighted by molar-refractivity contribution is -0.172. The summed E-state index contributed by atoms with van der Waals surface area (Å²) in [7, 11) is 0. The van der Waals surface area contributed by atoms with E-state index < -0.39 is 37.6 Å². The zero-order valence-electron chi connectivity index (χ0n) is 7.26. The van der Waals surface area contributed by atoms with E-state index in [4.69, 9.17) is 10.2 Å². The van der Waals surface area contributed by atoms with Crippen molar-refractivity contribution in [1.82, 2.24) is 4.90 Å². The molecule has 1 fully saturated rings. The number of likely N-dealkylation sites (tertiary alicyclic amines) is 1. The molecule has 0 saturated carbocycles. The Morgan fingerprint density at radius 3 is 1.93 bits per heavy atom. The molecule has 0 spiro atoms. The standard InChI is InChI=1S/C7H11F4NO2/c8-6(9)3-12(1-5(14)2-13)4-7(6,10)11/h5,13-14H,1-4H2. The molecule has 1 atom stereocenters. The van der Waals surface area contributed by atoms with Crippen LogP contribution >= 0.6 is 0 Å². The molecule has 84 valence electrons. The number of nitrogens with zero attached hydrogens (tertiary/aromatic N) is 1. The van der Waals surface area contributed by atoms with E-state index in [1.54, 1.807) is 0 Å². The molecule has 0 aromatic heterocycles. The highest BCUT2D eigenvalue weighted by Crippen LogP contribution is 2.40. The summed E-state index contributed by atoms with van der Waals surface area (Å²) in [6, 6.07) is 0. The summed E-state index contributed by atoms with van der Waals surface area (Å²) in [5.74, 6) is -8.11. The van der Waals surface area contributed by atoms with E-state index in [2.05, 4.69) is 0 Å². The van der Waals surface area contributed by atoms with Crippen LogP contribution < -0.4 is 0 Å². The first-order valence-electron chi connectivity index (χ1n) is 4.05. The van der Waals surface area contributed by atoms with E-state index in [0.29, 0.717) is 0 Å². The third kappa shape index (κ3) is 2.15. The van der Waals surface area contributed by atoms with Crippen molar-refractivity contribution in [1.29, 1.82) is 0 Å². The molecule has 1 rings (SSSR count). The lowest BCUT2D eigenvalue weighted by Gasteiger charge is -2.16. The molecule has 1 saturated heterocycles. The van der Waals surface area contributed by atoms with E-state index in [0.717, 1.165) is 4.90 Å². The number of β-amino-alcohol motifs (C(OH)–C–C–N with tert-alkyl or cyclic N) is 1. The molecule has 0 aromatic rings. The maximum Gasteiger partial charge on any atom is 0.323 e. The number of hydrogen-bond donors (Lipinski definition) is 2.